The summed E-state index contributed by atoms with van der Waals surface area (Å²) in [6, 6.07) is 12.2. The topological polar surface area (TPSA) is 26.0 Å². The number of nitrogens with two attached hydrogens (primary N) is 1. The van der Waals surface area contributed by atoms with Crippen molar-refractivity contribution in [3.63, 3.8) is 0 Å². The maximum atomic E-state index is 14.1. The second kappa shape index (κ2) is 5.10. The van der Waals surface area contributed by atoms with Crippen molar-refractivity contribution < 1.29 is 8.78 Å². The lowest BCUT2D eigenvalue weighted by molar-refractivity contribution is 0.423. The number of aryl methyl sites for hydroxylation is 1. The van der Waals surface area contributed by atoms with Crippen LogP contribution in [-0.2, 0) is 12.0 Å². The SMILES string of the molecule is Cc1ccc(F)c(C(C)(N)Cc2ccccc2)c1F. The van der Waals surface area contributed by atoms with E-state index in [0.717, 1.165) is 5.56 Å². The van der Waals surface area contributed by atoms with Gasteiger partial charge in [0.05, 0.1) is 0 Å². The van der Waals surface area contributed by atoms with Gasteiger partial charge in [0.15, 0.2) is 0 Å². The second-order valence-corrected chi connectivity index (χ2v) is 5.13. The quantitative estimate of drug-likeness (QED) is 0.896. The van der Waals surface area contributed by atoms with E-state index in [-0.39, 0.29) is 5.56 Å². The molecule has 100 valence electrons. The Balaban J connectivity index is 2.42. The molecule has 0 amide bonds. The molecule has 3 heteroatoms. The summed E-state index contributed by atoms with van der Waals surface area (Å²) >= 11 is 0. The van der Waals surface area contributed by atoms with Crippen LogP contribution >= 0.6 is 0 Å². The Morgan fingerprint density at radius 2 is 1.68 bits per heavy atom. The highest BCUT2D eigenvalue weighted by atomic mass is 19.1. The van der Waals surface area contributed by atoms with E-state index < -0.39 is 17.2 Å². The van der Waals surface area contributed by atoms with Gasteiger partial charge in [-0.05, 0) is 37.5 Å². The minimum Gasteiger partial charge on any atom is -0.321 e. The number of benzene rings is 2. The average molecular weight is 261 g/mol. The van der Waals surface area contributed by atoms with E-state index in [1.807, 2.05) is 30.3 Å². The summed E-state index contributed by atoms with van der Waals surface area (Å²) in [5.41, 5.74) is 6.39. The fourth-order valence-corrected chi connectivity index (χ4v) is 2.29. The van der Waals surface area contributed by atoms with Crippen LogP contribution in [0.2, 0.25) is 0 Å². The van der Waals surface area contributed by atoms with Gasteiger partial charge in [0.2, 0.25) is 0 Å². The Labute approximate surface area is 112 Å². The minimum absolute atomic E-state index is 0.0450. The van der Waals surface area contributed by atoms with Gasteiger partial charge in [0.25, 0.3) is 0 Å². The van der Waals surface area contributed by atoms with Crippen LogP contribution in [0.4, 0.5) is 8.78 Å². The van der Waals surface area contributed by atoms with Crippen LogP contribution in [0, 0.1) is 18.6 Å². The third kappa shape index (κ3) is 2.82. The van der Waals surface area contributed by atoms with Gasteiger partial charge in [0.1, 0.15) is 11.6 Å². The summed E-state index contributed by atoms with van der Waals surface area (Å²) in [5, 5.41) is 0. The van der Waals surface area contributed by atoms with Crippen molar-refractivity contribution in [3.05, 3.63) is 70.8 Å². The predicted octanol–water partition coefficient (Wildman–Crippen LogP) is 3.69. The summed E-state index contributed by atoms with van der Waals surface area (Å²) in [6.45, 7) is 3.26. The van der Waals surface area contributed by atoms with Crippen molar-refractivity contribution >= 4 is 0 Å². The number of rotatable bonds is 3. The first-order valence-corrected chi connectivity index (χ1v) is 6.20. The first-order valence-electron chi connectivity index (χ1n) is 6.20. The molecular formula is C16H17F2N. The number of hydrogen-bond donors (Lipinski definition) is 1. The first kappa shape index (κ1) is 13.7. The number of hydrogen-bond acceptors (Lipinski definition) is 1. The fourth-order valence-electron chi connectivity index (χ4n) is 2.29. The molecule has 0 spiro atoms. The molecule has 2 rings (SSSR count). The summed E-state index contributed by atoms with van der Waals surface area (Å²) in [7, 11) is 0. The predicted molar refractivity (Wildman–Crippen MR) is 72.8 cm³/mol. The molecule has 1 unspecified atom stereocenters. The highest BCUT2D eigenvalue weighted by Crippen LogP contribution is 2.29. The van der Waals surface area contributed by atoms with Gasteiger partial charge < -0.3 is 5.73 Å². The zero-order valence-electron chi connectivity index (χ0n) is 11.1. The van der Waals surface area contributed by atoms with Gasteiger partial charge in [-0.3, -0.25) is 0 Å². The Hall–Kier alpha value is -1.74. The Bertz CT molecular complexity index is 577. The van der Waals surface area contributed by atoms with Gasteiger partial charge in [-0.25, -0.2) is 8.78 Å². The fraction of sp³-hybridized carbons (Fsp3) is 0.250. The van der Waals surface area contributed by atoms with E-state index in [1.165, 1.54) is 12.1 Å². The molecule has 2 aromatic carbocycles. The van der Waals surface area contributed by atoms with Gasteiger partial charge in [-0.15, -0.1) is 0 Å². The highest BCUT2D eigenvalue weighted by molar-refractivity contribution is 5.34. The van der Waals surface area contributed by atoms with Crippen molar-refractivity contribution in [2.24, 2.45) is 5.73 Å². The molecule has 0 aromatic heterocycles. The molecule has 19 heavy (non-hydrogen) atoms. The third-order valence-electron chi connectivity index (χ3n) is 3.27. The summed E-state index contributed by atoms with van der Waals surface area (Å²) in [5.74, 6) is -1.15. The molecule has 0 aliphatic carbocycles. The van der Waals surface area contributed by atoms with Crippen LogP contribution in [0.15, 0.2) is 42.5 Å². The normalized spacial score (nSPS) is 14.2. The van der Waals surface area contributed by atoms with Gasteiger partial charge in [-0.1, -0.05) is 36.4 Å². The van der Waals surface area contributed by atoms with Gasteiger partial charge in [-0.2, -0.15) is 0 Å². The maximum Gasteiger partial charge on any atom is 0.134 e. The standard InChI is InChI=1S/C16H17F2N/c1-11-8-9-13(17)14(15(11)18)16(2,19)10-12-6-4-3-5-7-12/h3-9H,10,19H2,1-2H3. The van der Waals surface area contributed by atoms with Crippen LogP contribution in [0.3, 0.4) is 0 Å². The Morgan fingerprint density at radius 3 is 2.32 bits per heavy atom. The molecule has 1 atom stereocenters. The molecule has 2 aromatic rings. The Morgan fingerprint density at radius 1 is 1.05 bits per heavy atom. The van der Waals surface area contributed by atoms with E-state index >= 15 is 0 Å². The van der Waals surface area contributed by atoms with Crippen LogP contribution < -0.4 is 5.73 Å². The zero-order valence-corrected chi connectivity index (χ0v) is 11.1. The molecule has 1 nitrogen and oxygen atoms in total. The smallest absolute Gasteiger partial charge is 0.134 e. The van der Waals surface area contributed by atoms with E-state index in [0.29, 0.717) is 12.0 Å². The highest BCUT2D eigenvalue weighted by Gasteiger charge is 2.29. The van der Waals surface area contributed by atoms with Crippen molar-refractivity contribution in [3.8, 4) is 0 Å². The van der Waals surface area contributed by atoms with E-state index in [2.05, 4.69) is 0 Å². The summed E-state index contributed by atoms with van der Waals surface area (Å²) in [4.78, 5) is 0. The lowest BCUT2D eigenvalue weighted by Crippen LogP contribution is -2.37. The molecule has 2 N–H and O–H groups in total. The van der Waals surface area contributed by atoms with Crippen molar-refractivity contribution in [2.45, 2.75) is 25.8 Å². The molecular weight excluding hydrogens is 244 g/mol. The zero-order chi connectivity index (χ0) is 14.0. The lowest BCUT2D eigenvalue weighted by atomic mass is 9.85. The molecule has 0 bridgehead atoms. The van der Waals surface area contributed by atoms with Crippen molar-refractivity contribution in [1.82, 2.24) is 0 Å². The van der Waals surface area contributed by atoms with Crippen molar-refractivity contribution in [2.75, 3.05) is 0 Å². The van der Waals surface area contributed by atoms with Crippen LogP contribution in [-0.4, -0.2) is 0 Å². The molecule has 0 heterocycles. The summed E-state index contributed by atoms with van der Waals surface area (Å²) < 4.78 is 28.0. The van der Waals surface area contributed by atoms with Gasteiger partial charge >= 0.3 is 0 Å². The van der Waals surface area contributed by atoms with Crippen LogP contribution in [0.1, 0.15) is 23.6 Å². The van der Waals surface area contributed by atoms with E-state index in [4.69, 9.17) is 5.73 Å². The molecule has 0 aliphatic heterocycles. The van der Waals surface area contributed by atoms with E-state index in [9.17, 15) is 8.78 Å². The molecule has 0 saturated carbocycles. The van der Waals surface area contributed by atoms with Crippen LogP contribution in [0.25, 0.3) is 0 Å². The average Bonchev–Trinajstić information content (AvgIpc) is 2.35. The third-order valence-corrected chi connectivity index (χ3v) is 3.27. The lowest BCUT2D eigenvalue weighted by Gasteiger charge is -2.27. The maximum absolute atomic E-state index is 14.1. The molecule has 0 radical (unpaired) electrons. The Kier molecular flexibility index (Phi) is 3.67. The second-order valence-electron chi connectivity index (χ2n) is 5.13. The minimum atomic E-state index is -1.08. The molecule has 0 fully saturated rings. The summed E-state index contributed by atoms with van der Waals surface area (Å²) in [6.07, 6.45) is 0.380. The van der Waals surface area contributed by atoms with Crippen molar-refractivity contribution in [1.29, 1.82) is 0 Å². The van der Waals surface area contributed by atoms with Crippen LogP contribution in [0.5, 0.6) is 0 Å². The number of halogens is 2. The molecule has 0 saturated heterocycles. The van der Waals surface area contributed by atoms with Gasteiger partial charge in [0, 0.05) is 11.1 Å². The monoisotopic (exact) mass is 261 g/mol. The largest absolute Gasteiger partial charge is 0.321 e. The molecule has 0 aliphatic rings. The van der Waals surface area contributed by atoms with E-state index in [1.54, 1.807) is 13.8 Å². The first-order chi connectivity index (χ1) is 8.92.